The highest BCUT2D eigenvalue weighted by molar-refractivity contribution is 5.36. The van der Waals surface area contributed by atoms with Gasteiger partial charge in [-0.1, -0.05) is 0 Å². The predicted octanol–water partition coefficient (Wildman–Crippen LogP) is 1.56. The Hall–Kier alpha value is -1.93. The van der Waals surface area contributed by atoms with Crippen molar-refractivity contribution < 1.29 is 9.66 Å². The first-order valence-electron chi connectivity index (χ1n) is 4.02. The van der Waals surface area contributed by atoms with Gasteiger partial charge in [-0.05, 0) is 17.7 Å². The van der Waals surface area contributed by atoms with Crippen LogP contribution in [0.3, 0.4) is 0 Å². The maximum atomic E-state index is 10.3. The van der Waals surface area contributed by atoms with Crippen LogP contribution in [0.4, 0.5) is 5.69 Å². The maximum absolute atomic E-state index is 10.3. The van der Waals surface area contributed by atoms with E-state index in [0.717, 1.165) is 5.56 Å². The second kappa shape index (κ2) is 3.09. The van der Waals surface area contributed by atoms with Crippen molar-refractivity contribution in [1.82, 2.24) is 0 Å². The summed E-state index contributed by atoms with van der Waals surface area (Å²) < 4.78 is 5.02. The number of ether oxygens (including phenoxy) is 1. The van der Waals surface area contributed by atoms with Crippen molar-refractivity contribution in [3.05, 3.63) is 39.9 Å². The van der Waals surface area contributed by atoms with E-state index in [1.807, 2.05) is 6.07 Å². The summed E-state index contributed by atoms with van der Waals surface area (Å²) >= 11 is 0. The number of nitriles is 1. The molecule has 1 aliphatic rings. The monoisotopic (exact) mass is 190 g/mol. The fraction of sp³-hybridized carbons (Fsp3) is 0.222. The molecule has 1 fully saturated rings. The maximum Gasteiger partial charge on any atom is 0.269 e. The van der Waals surface area contributed by atoms with Crippen molar-refractivity contribution in [2.75, 3.05) is 0 Å². The minimum atomic E-state index is -0.459. The van der Waals surface area contributed by atoms with E-state index in [2.05, 4.69) is 0 Å². The van der Waals surface area contributed by atoms with Crippen molar-refractivity contribution >= 4 is 5.69 Å². The molecule has 0 aromatic heterocycles. The van der Waals surface area contributed by atoms with E-state index in [1.165, 1.54) is 12.1 Å². The Morgan fingerprint density at radius 1 is 1.43 bits per heavy atom. The van der Waals surface area contributed by atoms with Gasteiger partial charge in [-0.3, -0.25) is 10.1 Å². The van der Waals surface area contributed by atoms with E-state index in [1.54, 1.807) is 12.1 Å². The van der Waals surface area contributed by atoms with Gasteiger partial charge in [-0.2, -0.15) is 5.26 Å². The second-order valence-corrected chi connectivity index (χ2v) is 2.96. The minimum Gasteiger partial charge on any atom is -0.348 e. The highest BCUT2D eigenvalue weighted by Crippen LogP contribution is 2.38. The van der Waals surface area contributed by atoms with Gasteiger partial charge in [0.05, 0.1) is 11.0 Å². The summed E-state index contributed by atoms with van der Waals surface area (Å²) in [4.78, 5) is 9.88. The van der Waals surface area contributed by atoms with Gasteiger partial charge in [-0.15, -0.1) is 0 Å². The summed E-state index contributed by atoms with van der Waals surface area (Å²) in [7, 11) is 0. The Kier molecular flexibility index (Phi) is 1.91. The Morgan fingerprint density at radius 3 is 2.50 bits per heavy atom. The smallest absolute Gasteiger partial charge is 0.269 e. The van der Waals surface area contributed by atoms with E-state index in [-0.39, 0.29) is 11.8 Å². The van der Waals surface area contributed by atoms with Crippen LogP contribution in [0.25, 0.3) is 0 Å². The topological polar surface area (TPSA) is 79.5 Å². The first-order valence-corrected chi connectivity index (χ1v) is 4.02. The summed E-state index contributed by atoms with van der Waals surface area (Å²) in [6, 6.07) is 8.01. The zero-order valence-electron chi connectivity index (χ0n) is 7.08. The summed E-state index contributed by atoms with van der Waals surface area (Å²) in [5.74, 6) is 0. The van der Waals surface area contributed by atoms with Crippen LogP contribution in [-0.4, -0.2) is 11.0 Å². The predicted molar refractivity (Wildman–Crippen MR) is 46.3 cm³/mol. The van der Waals surface area contributed by atoms with Crippen LogP contribution in [0.1, 0.15) is 11.7 Å². The van der Waals surface area contributed by atoms with Gasteiger partial charge < -0.3 is 4.74 Å². The highest BCUT2D eigenvalue weighted by Gasteiger charge is 2.40. The number of hydrogen-bond donors (Lipinski definition) is 0. The van der Waals surface area contributed by atoms with Crippen molar-refractivity contribution in [1.29, 1.82) is 5.26 Å². The molecule has 2 atom stereocenters. The molecule has 0 amide bonds. The van der Waals surface area contributed by atoms with Crippen molar-refractivity contribution in [2.24, 2.45) is 0 Å². The lowest BCUT2D eigenvalue weighted by molar-refractivity contribution is -0.384. The molecule has 0 unspecified atom stereocenters. The van der Waals surface area contributed by atoms with Gasteiger partial charge >= 0.3 is 0 Å². The number of hydrogen-bond acceptors (Lipinski definition) is 4. The number of benzene rings is 1. The third-order valence-electron chi connectivity index (χ3n) is 2.05. The molecule has 5 heteroatoms. The summed E-state index contributed by atoms with van der Waals surface area (Å²) in [6.45, 7) is 0. The summed E-state index contributed by atoms with van der Waals surface area (Å²) in [6.07, 6.45) is -0.600. The lowest BCUT2D eigenvalue weighted by atomic mass is 10.1. The number of rotatable bonds is 2. The molecule has 0 bridgehead atoms. The van der Waals surface area contributed by atoms with Crippen LogP contribution in [0, 0.1) is 21.4 Å². The standard InChI is InChI=1S/C9H6N2O3/c10-5-8-9(14-8)6-1-3-7(4-2-6)11(12)13/h1-4,8-9H/t8-,9-/m0/s1. The lowest BCUT2D eigenvalue weighted by Crippen LogP contribution is -1.89. The van der Waals surface area contributed by atoms with E-state index in [4.69, 9.17) is 10.00 Å². The molecule has 0 aliphatic carbocycles. The van der Waals surface area contributed by atoms with E-state index in [0.29, 0.717) is 0 Å². The zero-order chi connectivity index (χ0) is 10.1. The van der Waals surface area contributed by atoms with Crippen LogP contribution >= 0.6 is 0 Å². The molecule has 0 N–H and O–H groups in total. The average molecular weight is 190 g/mol. The first kappa shape index (κ1) is 8.66. The van der Waals surface area contributed by atoms with Gasteiger partial charge in [0, 0.05) is 12.1 Å². The SMILES string of the molecule is N#C[C@@H]1O[C@H]1c1ccc([N+](=O)[O-])cc1. The van der Waals surface area contributed by atoms with Crippen LogP contribution in [-0.2, 0) is 4.74 Å². The van der Waals surface area contributed by atoms with Gasteiger partial charge in [0.25, 0.3) is 5.69 Å². The zero-order valence-corrected chi connectivity index (χ0v) is 7.08. The number of nitro benzene ring substituents is 1. The molecule has 1 saturated heterocycles. The molecule has 5 nitrogen and oxygen atoms in total. The Bertz CT molecular complexity index is 407. The molecule has 1 aromatic rings. The summed E-state index contributed by atoms with van der Waals surface area (Å²) in [5.41, 5.74) is 0.852. The summed E-state index contributed by atoms with van der Waals surface area (Å²) in [5, 5.41) is 18.8. The van der Waals surface area contributed by atoms with Crippen LogP contribution in [0.15, 0.2) is 24.3 Å². The van der Waals surface area contributed by atoms with Gasteiger partial charge in [0.1, 0.15) is 6.10 Å². The minimum absolute atomic E-state index is 0.0444. The molecule has 1 aliphatic heterocycles. The molecule has 0 radical (unpaired) electrons. The van der Waals surface area contributed by atoms with Gasteiger partial charge in [0.2, 0.25) is 0 Å². The van der Waals surface area contributed by atoms with E-state index >= 15 is 0 Å². The van der Waals surface area contributed by atoms with Crippen molar-refractivity contribution in [2.45, 2.75) is 12.2 Å². The molecule has 0 saturated carbocycles. The number of nitrogens with zero attached hydrogens (tertiary/aromatic N) is 2. The Balaban J connectivity index is 2.16. The highest BCUT2D eigenvalue weighted by atomic mass is 16.6. The average Bonchev–Trinajstić information content (AvgIpc) is 2.97. The van der Waals surface area contributed by atoms with Crippen LogP contribution < -0.4 is 0 Å². The number of nitro groups is 1. The molecular formula is C9H6N2O3. The molecule has 1 heterocycles. The fourth-order valence-electron chi connectivity index (χ4n) is 1.25. The van der Waals surface area contributed by atoms with E-state index in [9.17, 15) is 10.1 Å². The molecule has 70 valence electrons. The third kappa shape index (κ3) is 1.43. The Labute approximate surface area is 79.7 Å². The second-order valence-electron chi connectivity index (χ2n) is 2.96. The molecule has 0 spiro atoms. The Morgan fingerprint density at radius 2 is 2.07 bits per heavy atom. The number of non-ortho nitro benzene ring substituents is 1. The first-order chi connectivity index (χ1) is 6.72. The molecular weight excluding hydrogens is 184 g/mol. The molecule has 14 heavy (non-hydrogen) atoms. The third-order valence-corrected chi connectivity index (χ3v) is 2.05. The largest absolute Gasteiger partial charge is 0.348 e. The van der Waals surface area contributed by atoms with Crippen LogP contribution in [0.5, 0.6) is 0 Å². The fourth-order valence-corrected chi connectivity index (χ4v) is 1.25. The van der Waals surface area contributed by atoms with Gasteiger partial charge in [0.15, 0.2) is 6.10 Å². The van der Waals surface area contributed by atoms with E-state index < -0.39 is 11.0 Å². The van der Waals surface area contributed by atoms with Crippen molar-refractivity contribution in [3.8, 4) is 6.07 Å². The number of epoxide rings is 1. The van der Waals surface area contributed by atoms with Gasteiger partial charge in [-0.25, -0.2) is 0 Å². The van der Waals surface area contributed by atoms with Crippen LogP contribution in [0.2, 0.25) is 0 Å². The van der Waals surface area contributed by atoms with Crippen molar-refractivity contribution in [3.63, 3.8) is 0 Å². The quantitative estimate of drug-likeness (QED) is 0.402. The normalized spacial score (nSPS) is 23.9. The molecule has 1 aromatic carbocycles. The molecule has 2 rings (SSSR count). The lowest BCUT2D eigenvalue weighted by Gasteiger charge is -1.93.